The van der Waals surface area contributed by atoms with Gasteiger partial charge in [0.25, 0.3) is 0 Å². The number of nitrogens with zero attached hydrogens (tertiary/aromatic N) is 2. The van der Waals surface area contributed by atoms with Gasteiger partial charge in [0.1, 0.15) is 12.4 Å². The predicted octanol–water partition coefficient (Wildman–Crippen LogP) is 4.53. The molecule has 1 aromatic heterocycles. The summed E-state index contributed by atoms with van der Waals surface area (Å²) in [5.41, 5.74) is -0.0299. The predicted molar refractivity (Wildman–Crippen MR) is 128 cm³/mol. The summed E-state index contributed by atoms with van der Waals surface area (Å²) in [7, 11) is 1.44. The molecule has 0 radical (unpaired) electrons. The lowest BCUT2D eigenvalue weighted by Crippen LogP contribution is -2.46. The molecule has 3 N–H and O–H groups in total. The van der Waals surface area contributed by atoms with E-state index in [-0.39, 0.29) is 43.8 Å². The average Bonchev–Trinajstić information content (AvgIpc) is 2.86. The smallest absolute Gasteiger partial charge is 0.412 e. The highest BCUT2D eigenvalue weighted by Crippen LogP contribution is 2.17. The van der Waals surface area contributed by atoms with Crippen molar-refractivity contribution in [2.24, 2.45) is 0 Å². The van der Waals surface area contributed by atoms with Gasteiger partial charge >= 0.3 is 18.1 Å². The molecule has 9 nitrogen and oxygen atoms in total. The van der Waals surface area contributed by atoms with Crippen molar-refractivity contribution in [1.82, 2.24) is 15.2 Å². The molecule has 0 bridgehead atoms. The molecular weight excluding hydrogens is 474 g/mol. The SMILES string of the molecule is CN(C(=O)NCc1cccc(F)c1F)C(CCCC(=O)O)COC(=O)Nc1cc2ccccc2cn1. The molecule has 0 fully saturated rings. The zero-order valence-electron chi connectivity index (χ0n) is 19.5. The molecule has 1 heterocycles. The molecule has 2 aromatic carbocycles. The number of hydrogen-bond acceptors (Lipinski definition) is 5. The topological polar surface area (TPSA) is 121 Å². The molecule has 3 amide bonds. The standard InChI is InChI=1S/C25H26F2N4O5/c1-31(24(34)29-14-18-8-4-10-20(26)23(18)27)19(9-5-11-22(32)33)15-36-25(35)30-21-12-16-6-2-3-7-17(16)13-28-21/h2-4,6-8,10,12-13,19H,5,9,11,14-15H2,1H3,(H,29,34)(H,32,33)(H,28,30,35). The minimum atomic E-state index is -1.05. The number of carboxylic acid groups (broad SMARTS) is 1. The molecule has 3 aromatic rings. The van der Waals surface area contributed by atoms with Gasteiger partial charge in [0.05, 0.1) is 6.04 Å². The second-order valence-corrected chi connectivity index (χ2v) is 8.06. The molecule has 1 unspecified atom stereocenters. The summed E-state index contributed by atoms with van der Waals surface area (Å²) < 4.78 is 32.5. The number of ether oxygens (including phenoxy) is 1. The quantitative estimate of drug-likeness (QED) is 0.376. The van der Waals surface area contributed by atoms with Crippen LogP contribution in [0.1, 0.15) is 24.8 Å². The lowest BCUT2D eigenvalue weighted by molar-refractivity contribution is -0.137. The number of aromatic nitrogens is 1. The van der Waals surface area contributed by atoms with Gasteiger partial charge in [0, 0.05) is 37.2 Å². The highest BCUT2D eigenvalue weighted by atomic mass is 19.2. The van der Waals surface area contributed by atoms with E-state index in [2.05, 4.69) is 15.6 Å². The lowest BCUT2D eigenvalue weighted by atomic mass is 10.1. The van der Waals surface area contributed by atoms with Crippen molar-refractivity contribution in [2.75, 3.05) is 19.0 Å². The van der Waals surface area contributed by atoms with Gasteiger partial charge in [-0.25, -0.2) is 23.4 Å². The van der Waals surface area contributed by atoms with Crippen LogP contribution in [0.4, 0.5) is 24.2 Å². The zero-order chi connectivity index (χ0) is 26.1. The highest BCUT2D eigenvalue weighted by molar-refractivity contribution is 5.89. The van der Waals surface area contributed by atoms with Crippen LogP contribution >= 0.6 is 0 Å². The van der Waals surface area contributed by atoms with Crippen molar-refractivity contribution < 1.29 is 33.0 Å². The van der Waals surface area contributed by atoms with Crippen molar-refractivity contribution >= 4 is 34.7 Å². The number of nitrogens with one attached hydrogen (secondary N) is 2. The van der Waals surface area contributed by atoms with E-state index in [1.54, 1.807) is 12.3 Å². The Morgan fingerprint density at radius 1 is 1.11 bits per heavy atom. The third-order valence-corrected chi connectivity index (χ3v) is 5.53. The van der Waals surface area contributed by atoms with Crippen LogP contribution < -0.4 is 10.6 Å². The summed E-state index contributed by atoms with van der Waals surface area (Å²) in [5, 5.41) is 15.7. The van der Waals surface area contributed by atoms with Crippen LogP contribution in [0.3, 0.4) is 0 Å². The molecule has 0 aliphatic carbocycles. The van der Waals surface area contributed by atoms with E-state index < -0.39 is 35.8 Å². The van der Waals surface area contributed by atoms with E-state index in [0.717, 1.165) is 16.8 Å². The molecule has 0 aliphatic rings. The molecule has 1 atom stereocenters. The van der Waals surface area contributed by atoms with Crippen molar-refractivity contribution in [1.29, 1.82) is 0 Å². The van der Waals surface area contributed by atoms with Gasteiger partial charge in [0.15, 0.2) is 11.6 Å². The largest absolute Gasteiger partial charge is 0.481 e. The van der Waals surface area contributed by atoms with Crippen LogP contribution in [0.25, 0.3) is 10.8 Å². The molecule has 0 aliphatic heterocycles. The van der Waals surface area contributed by atoms with E-state index in [4.69, 9.17) is 9.84 Å². The summed E-state index contributed by atoms with van der Waals surface area (Å²) >= 11 is 0. The lowest BCUT2D eigenvalue weighted by Gasteiger charge is -2.28. The van der Waals surface area contributed by atoms with Gasteiger partial charge < -0.3 is 20.1 Å². The van der Waals surface area contributed by atoms with Gasteiger partial charge in [-0.3, -0.25) is 10.1 Å². The van der Waals surface area contributed by atoms with Crippen LogP contribution in [-0.2, 0) is 16.1 Å². The molecule has 3 rings (SSSR count). The molecule has 0 saturated carbocycles. The van der Waals surface area contributed by atoms with Crippen LogP contribution in [0.15, 0.2) is 54.7 Å². The summed E-state index contributed by atoms with van der Waals surface area (Å²) in [4.78, 5) is 41.3. The molecule has 190 valence electrons. The van der Waals surface area contributed by atoms with E-state index in [1.807, 2.05) is 24.3 Å². The Labute approximate surface area is 206 Å². The minimum absolute atomic E-state index is 0.0299. The monoisotopic (exact) mass is 500 g/mol. The number of halogens is 2. The number of fused-ring (bicyclic) bond motifs is 1. The first-order valence-corrected chi connectivity index (χ1v) is 11.2. The fourth-order valence-corrected chi connectivity index (χ4v) is 3.49. The van der Waals surface area contributed by atoms with Gasteiger partial charge in [-0.15, -0.1) is 0 Å². The molecule has 11 heteroatoms. The number of aliphatic carboxylic acids is 1. The molecule has 0 saturated heterocycles. The van der Waals surface area contributed by atoms with Crippen LogP contribution in [0.2, 0.25) is 0 Å². The van der Waals surface area contributed by atoms with Gasteiger partial charge in [0.2, 0.25) is 0 Å². The minimum Gasteiger partial charge on any atom is -0.481 e. The van der Waals surface area contributed by atoms with Crippen LogP contribution in [0.5, 0.6) is 0 Å². The fraction of sp³-hybridized carbons (Fsp3) is 0.280. The van der Waals surface area contributed by atoms with E-state index >= 15 is 0 Å². The molecule has 0 spiro atoms. The number of rotatable bonds is 10. The number of carboxylic acids is 1. The maximum Gasteiger partial charge on any atom is 0.412 e. The Morgan fingerprint density at radius 2 is 1.86 bits per heavy atom. The Bertz CT molecular complexity index is 1240. The third-order valence-electron chi connectivity index (χ3n) is 5.53. The van der Waals surface area contributed by atoms with Crippen molar-refractivity contribution in [3.05, 3.63) is 71.9 Å². The van der Waals surface area contributed by atoms with Gasteiger partial charge in [-0.05, 0) is 30.4 Å². The van der Waals surface area contributed by atoms with Crippen molar-refractivity contribution in [3.8, 4) is 0 Å². The number of carbonyl (C=O) groups excluding carboxylic acids is 2. The number of urea groups is 1. The number of benzene rings is 2. The number of amides is 3. The fourth-order valence-electron chi connectivity index (χ4n) is 3.49. The summed E-state index contributed by atoms with van der Waals surface area (Å²) in [6.45, 7) is -0.485. The highest BCUT2D eigenvalue weighted by Gasteiger charge is 2.22. The second-order valence-electron chi connectivity index (χ2n) is 8.06. The Balaban J connectivity index is 1.59. The maximum absolute atomic E-state index is 13.9. The first-order valence-electron chi connectivity index (χ1n) is 11.2. The Morgan fingerprint density at radius 3 is 2.61 bits per heavy atom. The van der Waals surface area contributed by atoms with Gasteiger partial charge in [-0.1, -0.05) is 36.4 Å². The molecular formula is C25H26F2N4O5. The summed E-state index contributed by atoms with van der Waals surface area (Å²) in [6, 6.07) is 11.5. The van der Waals surface area contributed by atoms with E-state index in [1.165, 1.54) is 24.1 Å². The van der Waals surface area contributed by atoms with E-state index in [9.17, 15) is 23.2 Å². The average molecular weight is 501 g/mol. The third kappa shape index (κ3) is 7.36. The van der Waals surface area contributed by atoms with Crippen LogP contribution in [0, 0.1) is 11.6 Å². The Hall–Kier alpha value is -4.28. The normalized spacial score (nSPS) is 11.5. The van der Waals surface area contributed by atoms with Crippen LogP contribution in [-0.4, -0.2) is 52.8 Å². The first kappa shape index (κ1) is 26.3. The number of pyridine rings is 1. The second kappa shape index (κ2) is 12.4. The molecule has 36 heavy (non-hydrogen) atoms. The number of anilines is 1. The maximum atomic E-state index is 13.9. The van der Waals surface area contributed by atoms with Crippen molar-refractivity contribution in [2.45, 2.75) is 31.8 Å². The van der Waals surface area contributed by atoms with Gasteiger partial charge in [-0.2, -0.15) is 0 Å². The number of likely N-dealkylation sites (N-methyl/N-ethyl adjacent to an activating group) is 1. The van der Waals surface area contributed by atoms with Crippen molar-refractivity contribution in [3.63, 3.8) is 0 Å². The summed E-state index contributed by atoms with van der Waals surface area (Å²) in [5.74, 6) is -2.80. The Kier molecular flexibility index (Phi) is 9.09. The van der Waals surface area contributed by atoms with E-state index in [0.29, 0.717) is 0 Å². The zero-order valence-corrected chi connectivity index (χ0v) is 19.5. The first-order chi connectivity index (χ1) is 17.2. The number of hydrogen-bond donors (Lipinski definition) is 3. The number of carbonyl (C=O) groups is 3. The summed E-state index contributed by atoms with van der Waals surface area (Å²) in [6.07, 6.45) is 1.14.